The van der Waals surface area contributed by atoms with E-state index >= 15 is 0 Å². The molecule has 0 saturated carbocycles. The van der Waals surface area contributed by atoms with Crippen LogP contribution in [-0.4, -0.2) is 19.7 Å². The molecule has 0 amide bonds. The third-order valence-electron chi connectivity index (χ3n) is 1.73. The Balaban J connectivity index is 2.84. The second-order valence-electron chi connectivity index (χ2n) is 2.57. The Morgan fingerprint density at radius 1 is 1.69 bits per heavy atom. The van der Waals surface area contributed by atoms with Gasteiger partial charge in [-0.25, -0.2) is 15.5 Å². The fourth-order valence-electron chi connectivity index (χ4n) is 1.06. The molecule has 0 atom stereocenters. The van der Waals surface area contributed by atoms with E-state index in [4.69, 9.17) is 5.84 Å². The van der Waals surface area contributed by atoms with Crippen LogP contribution in [0.5, 0.6) is 0 Å². The molecule has 7 nitrogen and oxygen atoms in total. The Labute approximate surface area is 72.5 Å². The number of imidazole rings is 1. The van der Waals surface area contributed by atoms with Crippen molar-refractivity contribution in [2.75, 3.05) is 5.43 Å². The smallest absolute Gasteiger partial charge is 0.294 e. The number of aromatic amines is 1. The SMILES string of the molecule is Cn1ncc2[nH]c(NN)nc2c1=O. The van der Waals surface area contributed by atoms with Crippen LogP contribution in [-0.2, 0) is 7.05 Å². The first-order chi connectivity index (χ1) is 6.22. The molecule has 2 aromatic heterocycles. The largest absolute Gasteiger partial charge is 0.322 e. The van der Waals surface area contributed by atoms with Crippen molar-refractivity contribution < 1.29 is 0 Å². The maximum Gasteiger partial charge on any atom is 0.294 e. The molecule has 0 aliphatic rings. The van der Waals surface area contributed by atoms with E-state index in [1.54, 1.807) is 7.05 Å². The second-order valence-corrected chi connectivity index (χ2v) is 2.57. The molecule has 13 heavy (non-hydrogen) atoms. The van der Waals surface area contributed by atoms with Crippen LogP contribution < -0.4 is 16.8 Å². The zero-order valence-corrected chi connectivity index (χ0v) is 6.90. The van der Waals surface area contributed by atoms with E-state index in [2.05, 4.69) is 20.5 Å². The molecule has 0 aromatic carbocycles. The quantitative estimate of drug-likeness (QED) is 0.383. The number of nitrogens with two attached hydrogens (primary N) is 1. The summed E-state index contributed by atoms with van der Waals surface area (Å²) >= 11 is 0. The molecule has 0 radical (unpaired) electrons. The summed E-state index contributed by atoms with van der Waals surface area (Å²) in [6.45, 7) is 0. The van der Waals surface area contributed by atoms with Crippen LogP contribution in [0.25, 0.3) is 11.0 Å². The van der Waals surface area contributed by atoms with Gasteiger partial charge in [0, 0.05) is 7.05 Å². The average molecular weight is 180 g/mol. The van der Waals surface area contributed by atoms with Crippen LogP contribution >= 0.6 is 0 Å². The maximum absolute atomic E-state index is 11.4. The van der Waals surface area contributed by atoms with Gasteiger partial charge in [-0.1, -0.05) is 0 Å². The van der Waals surface area contributed by atoms with Crippen LogP contribution in [0.3, 0.4) is 0 Å². The molecular weight excluding hydrogens is 172 g/mol. The molecule has 68 valence electrons. The van der Waals surface area contributed by atoms with Crippen molar-refractivity contribution in [3.05, 3.63) is 16.6 Å². The molecule has 0 saturated heterocycles. The highest BCUT2D eigenvalue weighted by Crippen LogP contribution is 2.06. The maximum atomic E-state index is 11.4. The highest BCUT2D eigenvalue weighted by molar-refractivity contribution is 5.75. The Morgan fingerprint density at radius 3 is 3.15 bits per heavy atom. The van der Waals surface area contributed by atoms with Crippen molar-refractivity contribution in [2.24, 2.45) is 12.9 Å². The van der Waals surface area contributed by atoms with Gasteiger partial charge in [0.15, 0.2) is 5.52 Å². The number of aryl methyl sites for hydroxylation is 1. The summed E-state index contributed by atoms with van der Waals surface area (Å²) in [5.74, 6) is 5.48. The lowest BCUT2D eigenvalue weighted by Crippen LogP contribution is -2.19. The fourth-order valence-corrected chi connectivity index (χ4v) is 1.06. The highest BCUT2D eigenvalue weighted by Gasteiger charge is 2.06. The monoisotopic (exact) mass is 180 g/mol. The number of nitrogen functional groups attached to an aromatic ring is 1. The van der Waals surface area contributed by atoms with Crippen molar-refractivity contribution in [2.45, 2.75) is 0 Å². The Bertz CT molecular complexity index is 497. The van der Waals surface area contributed by atoms with Gasteiger partial charge >= 0.3 is 0 Å². The van der Waals surface area contributed by atoms with Gasteiger partial charge in [-0.05, 0) is 0 Å². The summed E-state index contributed by atoms with van der Waals surface area (Å²) in [5, 5.41) is 3.82. The number of hydrazine groups is 1. The van der Waals surface area contributed by atoms with Crippen LogP contribution in [0, 0.1) is 0 Å². The summed E-state index contributed by atoms with van der Waals surface area (Å²) in [4.78, 5) is 18.1. The molecular formula is C6H8N6O. The molecule has 0 unspecified atom stereocenters. The lowest BCUT2D eigenvalue weighted by molar-refractivity contribution is 0.716. The molecule has 0 bridgehead atoms. The van der Waals surface area contributed by atoms with E-state index in [9.17, 15) is 4.79 Å². The number of rotatable bonds is 1. The zero-order valence-electron chi connectivity index (χ0n) is 6.90. The molecule has 7 heteroatoms. The summed E-state index contributed by atoms with van der Waals surface area (Å²) in [5.41, 5.74) is 2.96. The molecule has 0 aliphatic heterocycles. The third kappa shape index (κ3) is 1.05. The molecule has 0 aliphatic carbocycles. The highest BCUT2D eigenvalue weighted by atomic mass is 16.1. The van der Waals surface area contributed by atoms with E-state index in [1.165, 1.54) is 10.9 Å². The topological polar surface area (TPSA) is 102 Å². The molecule has 0 fully saturated rings. The number of H-pyrrole nitrogens is 1. The van der Waals surface area contributed by atoms with Gasteiger partial charge in [-0.3, -0.25) is 10.2 Å². The van der Waals surface area contributed by atoms with Crippen LogP contribution in [0.2, 0.25) is 0 Å². The Morgan fingerprint density at radius 2 is 2.46 bits per heavy atom. The Hall–Kier alpha value is -1.89. The van der Waals surface area contributed by atoms with E-state index < -0.39 is 0 Å². The number of nitrogens with one attached hydrogen (secondary N) is 2. The standard InChI is InChI=1S/C6H8N6O/c1-12-5(13)4-3(2-8-12)9-6(10-4)11-7/h2H,7H2,1H3,(H2,9,10,11). The first kappa shape index (κ1) is 7.74. The lowest BCUT2D eigenvalue weighted by atomic mass is 10.5. The molecule has 0 spiro atoms. The minimum atomic E-state index is -0.254. The summed E-state index contributed by atoms with van der Waals surface area (Å²) in [6, 6.07) is 0. The van der Waals surface area contributed by atoms with Crippen molar-refractivity contribution in [3.8, 4) is 0 Å². The first-order valence-corrected chi connectivity index (χ1v) is 3.61. The molecule has 4 N–H and O–H groups in total. The van der Waals surface area contributed by atoms with Gasteiger partial charge in [0.1, 0.15) is 0 Å². The van der Waals surface area contributed by atoms with E-state index in [0.29, 0.717) is 17.0 Å². The van der Waals surface area contributed by atoms with E-state index in [1.807, 2.05) is 0 Å². The number of hydrogen-bond acceptors (Lipinski definition) is 5. The van der Waals surface area contributed by atoms with E-state index in [-0.39, 0.29) is 5.56 Å². The summed E-state index contributed by atoms with van der Waals surface area (Å²) in [6.07, 6.45) is 1.52. The van der Waals surface area contributed by atoms with Crippen LogP contribution in [0.1, 0.15) is 0 Å². The predicted molar refractivity (Wildman–Crippen MR) is 46.9 cm³/mol. The van der Waals surface area contributed by atoms with Crippen molar-refractivity contribution in [1.82, 2.24) is 19.7 Å². The average Bonchev–Trinajstić information content (AvgIpc) is 2.55. The number of anilines is 1. The fraction of sp³-hybridized carbons (Fsp3) is 0.167. The first-order valence-electron chi connectivity index (χ1n) is 3.61. The van der Waals surface area contributed by atoms with Gasteiger partial charge in [0.05, 0.1) is 11.7 Å². The zero-order chi connectivity index (χ0) is 9.42. The normalized spacial score (nSPS) is 10.6. The minimum Gasteiger partial charge on any atom is -0.322 e. The minimum absolute atomic E-state index is 0.254. The van der Waals surface area contributed by atoms with Gasteiger partial charge in [-0.15, -0.1) is 0 Å². The number of hydrogen-bond donors (Lipinski definition) is 3. The summed E-state index contributed by atoms with van der Waals surface area (Å²) < 4.78 is 1.21. The van der Waals surface area contributed by atoms with Crippen molar-refractivity contribution in [1.29, 1.82) is 0 Å². The van der Waals surface area contributed by atoms with Gasteiger partial charge < -0.3 is 4.98 Å². The van der Waals surface area contributed by atoms with E-state index in [0.717, 1.165) is 0 Å². The number of aromatic nitrogens is 4. The predicted octanol–water partition coefficient (Wildman–Crippen LogP) is -1.06. The van der Waals surface area contributed by atoms with Gasteiger partial charge in [-0.2, -0.15) is 5.10 Å². The van der Waals surface area contributed by atoms with Crippen molar-refractivity contribution in [3.63, 3.8) is 0 Å². The third-order valence-corrected chi connectivity index (χ3v) is 1.73. The van der Waals surface area contributed by atoms with Gasteiger partial charge in [0.25, 0.3) is 5.56 Å². The molecule has 2 rings (SSSR count). The molecule has 2 heterocycles. The second kappa shape index (κ2) is 2.56. The van der Waals surface area contributed by atoms with Gasteiger partial charge in [0.2, 0.25) is 5.95 Å². The van der Waals surface area contributed by atoms with Crippen molar-refractivity contribution >= 4 is 17.0 Å². The van der Waals surface area contributed by atoms with Crippen LogP contribution in [0.4, 0.5) is 5.95 Å². The molecule has 2 aromatic rings. The lowest BCUT2D eigenvalue weighted by Gasteiger charge is -1.91. The number of fused-ring (bicyclic) bond motifs is 1. The Kier molecular flexibility index (Phi) is 1.52. The van der Waals surface area contributed by atoms with Crippen LogP contribution in [0.15, 0.2) is 11.0 Å². The number of nitrogens with zero attached hydrogens (tertiary/aromatic N) is 3. The summed E-state index contributed by atoms with van der Waals surface area (Å²) in [7, 11) is 1.56.